The van der Waals surface area contributed by atoms with E-state index in [-0.39, 0.29) is 17.9 Å². The van der Waals surface area contributed by atoms with Gasteiger partial charge in [-0.15, -0.1) is 0 Å². The predicted octanol–water partition coefficient (Wildman–Crippen LogP) is 1.59. The van der Waals surface area contributed by atoms with Crippen LogP contribution in [-0.2, 0) is 0 Å². The third-order valence-corrected chi connectivity index (χ3v) is 3.81. The minimum absolute atomic E-state index is 0.152. The van der Waals surface area contributed by atoms with Crippen LogP contribution in [-0.4, -0.2) is 34.0 Å². The number of benzene rings is 1. The third-order valence-electron chi connectivity index (χ3n) is 3.81. The van der Waals surface area contributed by atoms with E-state index in [1.165, 1.54) is 4.90 Å². The molecule has 1 aliphatic carbocycles. The lowest BCUT2D eigenvalue weighted by atomic mass is 9.92. The van der Waals surface area contributed by atoms with Gasteiger partial charge in [0.1, 0.15) is 0 Å². The number of carbonyl (C=O) groups excluding carboxylic acids is 2. The first-order valence-corrected chi connectivity index (χ1v) is 6.33. The van der Waals surface area contributed by atoms with Crippen LogP contribution in [0.2, 0.25) is 0 Å². The maximum Gasteiger partial charge on any atom is 0.261 e. The summed E-state index contributed by atoms with van der Waals surface area (Å²) in [7, 11) is 0. The number of imide groups is 1. The summed E-state index contributed by atoms with van der Waals surface area (Å²) in [6.45, 7) is 0. The summed E-state index contributed by atoms with van der Waals surface area (Å²) in [6.07, 6.45) is 2.53. The van der Waals surface area contributed by atoms with E-state index in [4.69, 9.17) is 0 Å². The Balaban J connectivity index is 1.92. The van der Waals surface area contributed by atoms with E-state index in [1.54, 1.807) is 24.3 Å². The van der Waals surface area contributed by atoms with Crippen LogP contribution >= 0.6 is 0 Å². The van der Waals surface area contributed by atoms with Crippen LogP contribution in [0.15, 0.2) is 24.3 Å². The van der Waals surface area contributed by atoms with Crippen molar-refractivity contribution in [2.45, 2.75) is 37.8 Å². The molecule has 0 radical (unpaired) electrons. The molecule has 3 rings (SSSR count). The number of nitrogens with zero attached hydrogens (tertiary/aromatic N) is 1. The van der Waals surface area contributed by atoms with E-state index in [0.717, 1.165) is 19.3 Å². The Hall–Kier alpha value is -1.68. The molecular weight excluding hydrogens is 230 g/mol. The molecule has 2 atom stereocenters. The molecule has 2 unspecified atom stereocenters. The average Bonchev–Trinajstić information content (AvgIpc) is 2.63. The SMILES string of the molecule is O=C1c2ccccc2C(=O)N1C1CCCC(O)C1. The molecule has 1 aliphatic heterocycles. The molecule has 1 aromatic carbocycles. The number of fused-ring (bicyclic) bond motifs is 1. The molecule has 0 saturated heterocycles. The second kappa shape index (κ2) is 4.21. The van der Waals surface area contributed by atoms with Crippen LogP contribution in [0.1, 0.15) is 46.4 Å². The minimum Gasteiger partial charge on any atom is -0.393 e. The molecule has 18 heavy (non-hydrogen) atoms. The molecule has 2 aliphatic rings. The van der Waals surface area contributed by atoms with Crippen molar-refractivity contribution in [2.75, 3.05) is 0 Å². The molecule has 1 saturated carbocycles. The van der Waals surface area contributed by atoms with Gasteiger partial charge in [-0.3, -0.25) is 14.5 Å². The van der Waals surface area contributed by atoms with Gasteiger partial charge in [-0.05, 0) is 37.8 Å². The summed E-state index contributed by atoms with van der Waals surface area (Å²) in [5.41, 5.74) is 0.977. The molecule has 1 fully saturated rings. The van der Waals surface area contributed by atoms with Gasteiger partial charge >= 0.3 is 0 Å². The number of hydrogen-bond acceptors (Lipinski definition) is 3. The van der Waals surface area contributed by atoms with Crippen molar-refractivity contribution < 1.29 is 14.7 Å². The lowest BCUT2D eigenvalue weighted by molar-refractivity contribution is 0.0415. The topological polar surface area (TPSA) is 57.6 Å². The second-order valence-electron chi connectivity index (χ2n) is 5.00. The van der Waals surface area contributed by atoms with Crippen molar-refractivity contribution in [3.63, 3.8) is 0 Å². The quantitative estimate of drug-likeness (QED) is 0.764. The third kappa shape index (κ3) is 1.64. The maximum atomic E-state index is 12.2. The van der Waals surface area contributed by atoms with Crippen LogP contribution in [0.3, 0.4) is 0 Å². The minimum atomic E-state index is -0.395. The van der Waals surface area contributed by atoms with E-state index < -0.39 is 6.10 Å². The standard InChI is InChI=1S/C14H15NO3/c16-10-5-3-4-9(8-10)15-13(17)11-6-1-2-7-12(11)14(15)18/h1-2,6-7,9-10,16H,3-5,8H2. The van der Waals surface area contributed by atoms with Gasteiger partial charge in [0.2, 0.25) is 0 Å². The number of aliphatic hydroxyl groups excluding tert-OH is 1. The summed E-state index contributed by atoms with van der Waals surface area (Å²) in [6, 6.07) is 6.76. The van der Waals surface area contributed by atoms with Crippen LogP contribution in [0.25, 0.3) is 0 Å². The predicted molar refractivity (Wildman–Crippen MR) is 65.2 cm³/mol. The Kier molecular flexibility index (Phi) is 2.67. The molecule has 94 valence electrons. The number of rotatable bonds is 1. The summed E-state index contributed by atoms with van der Waals surface area (Å²) in [5, 5.41) is 9.68. The largest absolute Gasteiger partial charge is 0.393 e. The van der Waals surface area contributed by atoms with Gasteiger partial charge in [0.25, 0.3) is 11.8 Å². The highest BCUT2D eigenvalue weighted by atomic mass is 16.3. The van der Waals surface area contributed by atoms with Crippen LogP contribution in [0.5, 0.6) is 0 Å². The molecule has 2 amide bonds. The normalized spacial score (nSPS) is 27.5. The summed E-state index contributed by atoms with van der Waals surface area (Å²) >= 11 is 0. The highest BCUT2D eigenvalue weighted by molar-refractivity contribution is 6.21. The molecule has 0 spiro atoms. The van der Waals surface area contributed by atoms with Crippen molar-refractivity contribution in [1.29, 1.82) is 0 Å². The fourth-order valence-electron chi connectivity index (χ4n) is 2.91. The average molecular weight is 245 g/mol. The number of aliphatic hydroxyl groups is 1. The first kappa shape index (κ1) is 11.4. The molecule has 1 heterocycles. The van der Waals surface area contributed by atoms with E-state index in [1.807, 2.05) is 0 Å². The Bertz CT molecular complexity index is 477. The number of hydrogen-bond donors (Lipinski definition) is 1. The van der Waals surface area contributed by atoms with Gasteiger partial charge in [0.15, 0.2) is 0 Å². The number of amides is 2. The van der Waals surface area contributed by atoms with Crippen LogP contribution < -0.4 is 0 Å². The number of carbonyl (C=O) groups is 2. The second-order valence-corrected chi connectivity index (χ2v) is 5.00. The van der Waals surface area contributed by atoms with Crippen molar-refractivity contribution >= 4 is 11.8 Å². The molecular formula is C14H15NO3. The fourth-order valence-corrected chi connectivity index (χ4v) is 2.91. The van der Waals surface area contributed by atoms with E-state index in [0.29, 0.717) is 17.5 Å². The van der Waals surface area contributed by atoms with E-state index in [9.17, 15) is 14.7 Å². The van der Waals surface area contributed by atoms with Crippen LogP contribution in [0, 0.1) is 0 Å². The van der Waals surface area contributed by atoms with Crippen molar-refractivity contribution in [1.82, 2.24) is 4.90 Å². The molecule has 4 heteroatoms. The monoisotopic (exact) mass is 245 g/mol. The Morgan fingerprint density at radius 1 is 1.06 bits per heavy atom. The highest BCUT2D eigenvalue weighted by Gasteiger charge is 2.40. The van der Waals surface area contributed by atoms with Crippen LogP contribution in [0.4, 0.5) is 0 Å². The van der Waals surface area contributed by atoms with Gasteiger partial charge in [0.05, 0.1) is 17.2 Å². The lowest BCUT2D eigenvalue weighted by Crippen LogP contribution is -2.43. The lowest BCUT2D eigenvalue weighted by Gasteiger charge is -2.31. The Labute approximate surface area is 105 Å². The molecule has 1 N–H and O–H groups in total. The summed E-state index contributed by atoms with van der Waals surface area (Å²) in [4.78, 5) is 25.8. The first-order valence-electron chi connectivity index (χ1n) is 6.33. The summed E-state index contributed by atoms with van der Waals surface area (Å²) in [5.74, 6) is -0.426. The first-order chi connectivity index (χ1) is 8.68. The fraction of sp³-hybridized carbons (Fsp3) is 0.429. The van der Waals surface area contributed by atoms with E-state index >= 15 is 0 Å². The van der Waals surface area contributed by atoms with Gasteiger partial charge < -0.3 is 5.11 Å². The highest BCUT2D eigenvalue weighted by Crippen LogP contribution is 2.30. The zero-order valence-corrected chi connectivity index (χ0v) is 10.0. The van der Waals surface area contributed by atoms with Gasteiger partial charge in [-0.1, -0.05) is 12.1 Å². The zero-order valence-electron chi connectivity index (χ0n) is 10.0. The van der Waals surface area contributed by atoms with E-state index in [2.05, 4.69) is 0 Å². The Morgan fingerprint density at radius 3 is 2.22 bits per heavy atom. The maximum absolute atomic E-state index is 12.2. The zero-order chi connectivity index (χ0) is 12.7. The summed E-state index contributed by atoms with van der Waals surface area (Å²) < 4.78 is 0. The van der Waals surface area contributed by atoms with Gasteiger partial charge in [-0.2, -0.15) is 0 Å². The molecule has 0 aromatic heterocycles. The van der Waals surface area contributed by atoms with Gasteiger partial charge in [-0.25, -0.2) is 0 Å². The van der Waals surface area contributed by atoms with Crippen molar-refractivity contribution in [2.24, 2.45) is 0 Å². The smallest absolute Gasteiger partial charge is 0.261 e. The van der Waals surface area contributed by atoms with Gasteiger partial charge in [0, 0.05) is 6.04 Å². The molecule has 0 bridgehead atoms. The Morgan fingerprint density at radius 2 is 1.67 bits per heavy atom. The van der Waals surface area contributed by atoms with Crippen molar-refractivity contribution in [3.8, 4) is 0 Å². The molecule has 1 aromatic rings. The van der Waals surface area contributed by atoms with Crippen molar-refractivity contribution in [3.05, 3.63) is 35.4 Å². The molecule has 4 nitrogen and oxygen atoms in total.